The van der Waals surface area contributed by atoms with E-state index in [1.807, 2.05) is 9.80 Å². The third-order valence-corrected chi connectivity index (χ3v) is 4.56. The van der Waals surface area contributed by atoms with E-state index in [0.717, 1.165) is 63.9 Å². The molecular formula is C19H38N4O2. The Morgan fingerprint density at radius 2 is 1.20 bits per heavy atom. The number of carbonyl (C=O) groups excluding carboxylic acids is 2. The second-order valence-electron chi connectivity index (χ2n) is 7.86. The highest BCUT2D eigenvalue weighted by Gasteiger charge is 2.18. The fourth-order valence-corrected chi connectivity index (χ4v) is 2.99. The molecule has 2 saturated heterocycles. The Morgan fingerprint density at radius 1 is 0.760 bits per heavy atom. The number of nitrogens with one attached hydrogen (secondary N) is 2. The van der Waals surface area contributed by atoms with Crippen LogP contribution in [0.25, 0.3) is 0 Å². The van der Waals surface area contributed by atoms with Gasteiger partial charge >= 0.3 is 12.1 Å². The van der Waals surface area contributed by atoms with Gasteiger partial charge < -0.3 is 20.4 Å². The minimum absolute atomic E-state index is 0.110. The number of hydrogen-bond acceptors (Lipinski definition) is 2. The quantitative estimate of drug-likeness (QED) is 0.624. The van der Waals surface area contributed by atoms with Crippen LogP contribution in [-0.2, 0) is 0 Å². The SMILES string of the molecule is CC(C)CCCCN1CCNC1=O.CC(C)CCCN1CCNC1=O. The molecule has 0 aliphatic carbocycles. The van der Waals surface area contributed by atoms with E-state index >= 15 is 0 Å². The van der Waals surface area contributed by atoms with Crippen molar-refractivity contribution in [3.05, 3.63) is 0 Å². The minimum Gasteiger partial charge on any atom is -0.336 e. The van der Waals surface area contributed by atoms with Crippen molar-refractivity contribution in [2.75, 3.05) is 39.3 Å². The molecule has 4 amide bonds. The standard InChI is InChI=1S/C10H20N2O.C9H18N2O/c1-9(2)5-3-4-7-12-8-6-11-10(12)13;1-8(2)4-3-6-11-7-5-10-9(11)12/h9H,3-8H2,1-2H3,(H,11,13);8H,3-7H2,1-2H3,(H,10,12). The molecule has 6 nitrogen and oxygen atoms in total. The van der Waals surface area contributed by atoms with E-state index in [1.165, 1.54) is 19.3 Å². The molecule has 146 valence electrons. The second kappa shape index (κ2) is 12.0. The van der Waals surface area contributed by atoms with Gasteiger partial charge in [-0.05, 0) is 31.1 Å². The Morgan fingerprint density at radius 3 is 1.60 bits per heavy atom. The van der Waals surface area contributed by atoms with Gasteiger partial charge in [-0.1, -0.05) is 40.5 Å². The number of unbranched alkanes of at least 4 members (excludes halogenated alkanes) is 1. The third kappa shape index (κ3) is 9.56. The number of urea groups is 2. The van der Waals surface area contributed by atoms with Gasteiger partial charge in [0.15, 0.2) is 0 Å². The second-order valence-corrected chi connectivity index (χ2v) is 7.86. The lowest BCUT2D eigenvalue weighted by Crippen LogP contribution is -2.29. The fourth-order valence-electron chi connectivity index (χ4n) is 2.99. The van der Waals surface area contributed by atoms with Crippen molar-refractivity contribution in [3.63, 3.8) is 0 Å². The van der Waals surface area contributed by atoms with Crippen LogP contribution in [0, 0.1) is 11.8 Å². The van der Waals surface area contributed by atoms with Crippen molar-refractivity contribution < 1.29 is 9.59 Å². The molecule has 0 aromatic heterocycles. The summed E-state index contributed by atoms with van der Waals surface area (Å²) in [6, 6.07) is 0.225. The summed E-state index contributed by atoms with van der Waals surface area (Å²) >= 11 is 0. The Kier molecular flexibility index (Phi) is 10.3. The molecule has 2 N–H and O–H groups in total. The van der Waals surface area contributed by atoms with Crippen LogP contribution in [0.15, 0.2) is 0 Å². The van der Waals surface area contributed by atoms with Gasteiger partial charge in [0.2, 0.25) is 0 Å². The van der Waals surface area contributed by atoms with E-state index in [0.29, 0.717) is 0 Å². The lowest BCUT2D eigenvalue weighted by Gasteiger charge is -2.14. The van der Waals surface area contributed by atoms with Gasteiger partial charge in [0, 0.05) is 39.3 Å². The van der Waals surface area contributed by atoms with Gasteiger partial charge in [-0.2, -0.15) is 0 Å². The highest BCUT2D eigenvalue weighted by molar-refractivity contribution is 5.76. The van der Waals surface area contributed by atoms with Gasteiger partial charge in [0.05, 0.1) is 0 Å². The van der Waals surface area contributed by atoms with E-state index in [9.17, 15) is 9.59 Å². The van der Waals surface area contributed by atoms with E-state index in [-0.39, 0.29) is 12.1 Å². The van der Waals surface area contributed by atoms with Crippen molar-refractivity contribution in [1.82, 2.24) is 20.4 Å². The molecule has 0 atom stereocenters. The monoisotopic (exact) mass is 354 g/mol. The summed E-state index contributed by atoms with van der Waals surface area (Å²) in [5.41, 5.74) is 0. The molecule has 2 rings (SSSR count). The summed E-state index contributed by atoms with van der Waals surface area (Å²) in [5.74, 6) is 1.53. The maximum atomic E-state index is 11.1. The first kappa shape index (κ1) is 21.6. The van der Waals surface area contributed by atoms with Crippen LogP contribution in [0.3, 0.4) is 0 Å². The topological polar surface area (TPSA) is 64.7 Å². The summed E-state index contributed by atoms with van der Waals surface area (Å²) in [6.07, 6.45) is 6.00. The average Bonchev–Trinajstić information content (AvgIpc) is 3.13. The Bertz CT molecular complexity index is 399. The van der Waals surface area contributed by atoms with E-state index < -0.39 is 0 Å². The molecule has 0 saturated carbocycles. The van der Waals surface area contributed by atoms with Crippen molar-refractivity contribution in [2.24, 2.45) is 11.8 Å². The molecular weight excluding hydrogens is 316 g/mol. The molecule has 0 radical (unpaired) electrons. The van der Waals surface area contributed by atoms with Crippen LogP contribution in [0.1, 0.15) is 59.8 Å². The summed E-state index contributed by atoms with van der Waals surface area (Å²) in [5, 5.41) is 5.60. The van der Waals surface area contributed by atoms with Gasteiger partial charge in [-0.15, -0.1) is 0 Å². The van der Waals surface area contributed by atoms with Gasteiger partial charge in [-0.25, -0.2) is 9.59 Å². The first-order valence-corrected chi connectivity index (χ1v) is 9.95. The molecule has 0 aromatic rings. The maximum Gasteiger partial charge on any atom is 0.317 e. The molecule has 2 aliphatic heterocycles. The molecule has 0 spiro atoms. The molecule has 2 fully saturated rings. The predicted octanol–water partition coefficient (Wildman–Crippen LogP) is 3.29. The summed E-state index contributed by atoms with van der Waals surface area (Å²) in [6.45, 7) is 14.2. The fraction of sp³-hybridized carbons (Fsp3) is 0.895. The van der Waals surface area contributed by atoms with Crippen LogP contribution in [-0.4, -0.2) is 61.1 Å². The van der Waals surface area contributed by atoms with Crippen LogP contribution < -0.4 is 10.6 Å². The highest BCUT2D eigenvalue weighted by atomic mass is 16.2. The largest absolute Gasteiger partial charge is 0.336 e. The summed E-state index contributed by atoms with van der Waals surface area (Å²) < 4.78 is 0. The lowest BCUT2D eigenvalue weighted by atomic mass is 10.1. The number of rotatable bonds is 9. The van der Waals surface area contributed by atoms with Crippen LogP contribution in [0.5, 0.6) is 0 Å². The van der Waals surface area contributed by atoms with Crippen molar-refractivity contribution in [3.8, 4) is 0 Å². The third-order valence-electron chi connectivity index (χ3n) is 4.56. The highest BCUT2D eigenvalue weighted by Crippen LogP contribution is 2.08. The molecule has 6 heteroatoms. The maximum absolute atomic E-state index is 11.1. The Hall–Kier alpha value is -1.46. The molecule has 0 unspecified atom stereocenters. The van der Waals surface area contributed by atoms with Crippen molar-refractivity contribution >= 4 is 12.1 Å². The van der Waals surface area contributed by atoms with E-state index in [2.05, 4.69) is 38.3 Å². The molecule has 0 bridgehead atoms. The van der Waals surface area contributed by atoms with E-state index in [1.54, 1.807) is 0 Å². The zero-order valence-corrected chi connectivity index (χ0v) is 16.6. The minimum atomic E-state index is 0.110. The smallest absolute Gasteiger partial charge is 0.317 e. The summed E-state index contributed by atoms with van der Waals surface area (Å²) in [4.78, 5) is 26.0. The van der Waals surface area contributed by atoms with Gasteiger partial charge in [-0.3, -0.25) is 0 Å². The van der Waals surface area contributed by atoms with Gasteiger partial charge in [0.25, 0.3) is 0 Å². The van der Waals surface area contributed by atoms with Gasteiger partial charge in [0.1, 0.15) is 0 Å². The molecule has 2 aliphatic rings. The first-order valence-electron chi connectivity index (χ1n) is 9.95. The first-order chi connectivity index (χ1) is 11.9. The molecule has 2 heterocycles. The van der Waals surface area contributed by atoms with Crippen molar-refractivity contribution in [2.45, 2.75) is 59.8 Å². The van der Waals surface area contributed by atoms with Crippen LogP contribution in [0.2, 0.25) is 0 Å². The predicted molar refractivity (Wildman–Crippen MR) is 103 cm³/mol. The molecule has 25 heavy (non-hydrogen) atoms. The lowest BCUT2D eigenvalue weighted by molar-refractivity contribution is 0.215. The molecule has 0 aromatic carbocycles. The summed E-state index contributed by atoms with van der Waals surface area (Å²) in [7, 11) is 0. The Labute approximate surface area is 153 Å². The van der Waals surface area contributed by atoms with E-state index in [4.69, 9.17) is 0 Å². The number of carbonyl (C=O) groups is 2. The zero-order valence-electron chi connectivity index (χ0n) is 16.6. The van der Waals surface area contributed by atoms with Crippen molar-refractivity contribution in [1.29, 1.82) is 0 Å². The normalized spacial score (nSPS) is 17.0. The number of hydrogen-bond donors (Lipinski definition) is 2. The Balaban J connectivity index is 0.000000251. The number of amides is 4. The zero-order chi connectivity index (χ0) is 18.7. The number of nitrogens with zero attached hydrogens (tertiary/aromatic N) is 2. The van der Waals surface area contributed by atoms with Crippen LogP contribution in [0.4, 0.5) is 9.59 Å². The average molecular weight is 355 g/mol. The van der Waals surface area contributed by atoms with Crippen LogP contribution >= 0.6 is 0 Å².